The number of Topliss-reactive ketones (excluding diaryl/α,β-unsaturated/α-hetero) is 2. The van der Waals surface area contributed by atoms with Crippen LogP contribution in [0.1, 0.15) is 47.0 Å². The standard InChI is InChI=1S/C12H16O2S/c1-7(2)11(13)9-5-6-10(15-9)12(14)8(3)4/h5-8H,1-4H3. The average Bonchev–Trinajstić information content (AvgIpc) is 2.63. The highest BCUT2D eigenvalue weighted by Gasteiger charge is 2.17. The van der Waals surface area contributed by atoms with Crippen LogP contribution >= 0.6 is 11.3 Å². The van der Waals surface area contributed by atoms with Gasteiger partial charge in [0, 0.05) is 11.8 Å². The fourth-order valence-electron chi connectivity index (χ4n) is 1.17. The molecule has 3 heteroatoms. The second-order valence-electron chi connectivity index (χ2n) is 4.20. The zero-order chi connectivity index (χ0) is 11.6. The van der Waals surface area contributed by atoms with Crippen LogP contribution in [0.4, 0.5) is 0 Å². The van der Waals surface area contributed by atoms with Crippen molar-refractivity contribution in [2.45, 2.75) is 27.7 Å². The largest absolute Gasteiger partial charge is 0.293 e. The van der Waals surface area contributed by atoms with Crippen molar-refractivity contribution in [2.75, 3.05) is 0 Å². The lowest BCUT2D eigenvalue weighted by atomic mass is 10.1. The van der Waals surface area contributed by atoms with Gasteiger partial charge in [0.1, 0.15) is 0 Å². The molecule has 0 N–H and O–H groups in total. The van der Waals surface area contributed by atoms with Gasteiger partial charge in [0.25, 0.3) is 0 Å². The third kappa shape index (κ3) is 2.75. The lowest BCUT2D eigenvalue weighted by Gasteiger charge is -2.00. The number of hydrogen-bond donors (Lipinski definition) is 0. The van der Waals surface area contributed by atoms with E-state index in [0.29, 0.717) is 9.75 Å². The summed E-state index contributed by atoms with van der Waals surface area (Å²) in [6.45, 7) is 7.47. The van der Waals surface area contributed by atoms with Crippen molar-refractivity contribution >= 4 is 22.9 Å². The van der Waals surface area contributed by atoms with Crippen molar-refractivity contribution < 1.29 is 9.59 Å². The van der Waals surface area contributed by atoms with Gasteiger partial charge >= 0.3 is 0 Å². The molecule has 0 fully saturated rings. The minimum atomic E-state index is -0.00866. The minimum absolute atomic E-state index is 0.00866. The lowest BCUT2D eigenvalue weighted by molar-refractivity contribution is 0.0937. The van der Waals surface area contributed by atoms with Crippen molar-refractivity contribution in [3.63, 3.8) is 0 Å². The van der Waals surface area contributed by atoms with Crippen molar-refractivity contribution in [3.8, 4) is 0 Å². The molecule has 1 heterocycles. The Kier molecular flexibility index (Phi) is 3.80. The molecular formula is C12H16O2S. The SMILES string of the molecule is CC(C)C(=O)c1ccc(C(=O)C(C)C)s1. The number of carbonyl (C=O) groups is 2. The van der Waals surface area contributed by atoms with E-state index < -0.39 is 0 Å². The van der Waals surface area contributed by atoms with Gasteiger partial charge in [0.15, 0.2) is 11.6 Å². The van der Waals surface area contributed by atoms with Crippen LogP contribution in [-0.4, -0.2) is 11.6 Å². The Morgan fingerprint density at radius 2 is 1.27 bits per heavy atom. The predicted molar refractivity (Wildman–Crippen MR) is 62.7 cm³/mol. The zero-order valence-corrected chi connectivity index (χ0v) is 10.4. The van der Waals surface area contributed by atoms with Gasteiger partial charge in [-0.3, -0.25) is 9.59 Å². The molecule has 0 saturated heterocycles. The Morgan fingerprint density at radius 3 is 1.53 bits per heavy atom. The Balaban J connectivity index is 2.90. The van der Waals surface area contributed by atoms with Gasteiger partial charge in [-0.1, -0.05) is 27.7 Å². The summed E-state index contributed by atoms with van der Waals surface area (Å²) >= 11 is 1.31. The topological polar surface area (TPSA) is 34.1 Å². The Hall–Kier alpha value is -0.960. The summed E-state index contributed by atoms with van der Waals surface area (Å²) in [5.41, 5.74) is 0. The number of thiophene rings is 1. The highest BCUT2D eigenvalue weighted by molar-refractivity contribution is 7.16. The molecule has 0 atom stereocenters. The molecule has 0 aliphatic heterocycles. The quantitative estimate of drug-likeness (QED) is 0.734. The molecule has 0 spiro atoms. The fourth-order valence-corrected chi connectivity index (χ4v) is 2.35. The monoisotopic (exact) mass is 224 g/mol. The predicted octanol–water partition coefficient (Wildman–Crippen LogP) is 3.43. The maximum Gasteiger partial charge on any atom is 0.175 e. The van der Waals surface area contributed by atoms with E-state index in [1.807, 2.05) is 27.7 Å². The van der Waals surface area contributed by atoms with Gasteiger partial charge in [-0.15, -0.1) is 11.3 Å². The summed E-state index contributed by atoms with van der Waals surface area (Å²) in [5, 5.41) is 0. The van der Waals surface area contributed by atoms with Crippen LogP contribution in [0, 0.1) is 11.8 Å². The van der Waals surface area contributed by atoms with Gasteiger partial charge in [-0.2, -0.15) is 0 Å². The van der Waals surface area contributed by atoms with Crippen LogP contribution in [0.2, 0.25) is 0 Å². The first kappa shape index (κ1) is 12.1. The van der Waals surface area contributed by atoms with Crippen LogP contribution in [0.25, 0.3) is 0 Å². The maximum atomic E-state index is 11.6. The Bertz CT molecular complexity index is 340. The molecule has 82 valence electrons. The molecule has 1 aromatic heterocycles. The average molecular weight is 224 g/mol. The van der Waals surface area contributed by atoms with E-state index in [-0.39, 0.29) is 23.4 Å². The molecule has 0 unspecified atom stereocenters. The molecular weight excluding hydrogens is 208 g/mol. The van der Waals surface area contributed by atoms with Crippen molar-refractivity contribution in [1.82, 2.24) is 0 Å². The van der Waals surface area contributed by atoms with Crippen LogP contribution in [0.3, 0.4) is 0 Å². The normalized spacial score (nSPS) is 11.1. The van der Waals surface area contributed by atoms with E-state index in [2.05, 4.69) is 0 Å². The summed E-state index contributed by atoms with van der Waals surface area (Å²) in [6, 6.07) is 3.51. The van der Waals surface area contributed by atoms with Crippen LogP contribution < -0.4 is 0 Å². The van der Waals surface area contributed by atoms with Gasteiger partial charge in [-0.05, 0) is 12.1 Å². The van der Waals surface area contributed by atoms with Crippen LogP contribution in [0.5, 0.6) is 0 Å². The van der Waals surface area contributed by atoms with E-state index >= 15 is 0 Å². The Morgan fingerprint density at radius 1 is 0.933 bits per heavy atom. The lowest BCUT2D eigenvalue weighted by Crippen LogP contribution is -2.06. The van der Waals surface area contributed by atoms with Gasteiger partial charge < -0.3 is 0 Å². The second-order valence-corrected chi connectivity index (χ2v) is 5.29. The van der Waals surface area contributed by atoms with Crippen LogP contribution in [-0.2, 0) is 0 Å². The number of ketones is 2. The van der Waals surface area contributed by atoms with Crippen molar-refractivity contribution in [1.29, 1.82) is 0 Å². The van der Waals surface area contributed by atoms with Gasteiger partial charge in [0.05, 0.1) is 9.75 Å². The zero-order valence-electron chi connectivity index (χ0n) is 9.53. The highest BCUT2D eigenvalue weighted by atomic mass is 32.1. The Labute approximate surface area is 94.3 Å². The molecule has 0 amide bonds. The first-order valence-corrected chi connectivity index (χ1v) is 5.93. The summed E-state index contributed by atoms with van der Waals surface area (Å²) in [7, 11) is 0. The first-order chi connectivity index (χ1) is 6.93. The summed E-state index contributed by atoms with van der Waals surface area (Å²) in [4.78, 5) is 24.7. The number of carbonyl (C=O) groups excluding carboxylic acids is 2. The third-order valence-electron chi connectivity index (χ3n) is 2.14. The van der Waals surface area contributed by atoms with E-state index in [0.717, 1.165) is 0 Å². The first-order valence-electron chi connectivity index (χ1n) is 5.11. The van der Waals surface area contributed by atoms with E-state index in [1.165, 1.54) is 11.3 Å². The highest BCUT2D eigenvalue weighted by Crippen LogP contribution is 2.22. The smallest absolute Gasteiger partial charge is 0.175 e. The van der Waals surface area contributed by atoms with E-state index in [4.69, 9.17) is 0 Å². The number of hydrogen-bond acceptors (Lipinski definition) is 3. The van der Waals surface area contributed by atoms with Crippen LogP contribution in [0.15, 0.2) is 12.1 Å². The van der Waals surface area contributed by atoms with Crippen molar-refractivity contribution in [2.24, 2.45) is 11.8 Å². The minimum Gasteiger partial charge on any atom is -0.293 e. The van der Waals surface area contributed by atoms with E-state index in [9.17, 15) is 9.59 Å². The molecule has 2 nitrogen and oxygen atoms in total. The van der Waals surface area contributed by atoms with Crippen molar-refractivity contribution in [3.05, 3.63) is 21.9 Å². The fraction of sp³-hybridized carbons (Fsp3) is 0.500. The molecule has 0 aromatic carbocycles. The van der Waals surface area contributed by atoms with E-state index in [1.54, 1.807) is 12.1 Å². The molecule has 1 aromatic rings. The third-order valence-corrected chi connectivity index (χ3v) is 3.25. The molecule has 0 aliphatic rings. The van der Waals surface area contributed by atoms with Gasteiger partial charge in [0.2, 0.25) is 0 Å². The molecule has 15 heavy (non-hydrogen) atoms. The molecule has 0 bridgehead atoms. The molecule has 0 saturated carbocycles. The molecule has 0 aliphatic carbocycles. The molecule has 0 radical (unpaired) electrons. The van der Waals surface area contributed by atoms with Gasteiger partial charge in [-0.25, -0.2) is 0 Å². The second kappa shape index (κ2) is 4.71. The summed E-state index contributed by atoms with van der Waals surface area (Å²) in [5.74, 6) is 0.210. The maximum absolute atomic E-state index is 11.6. The summed E-state index contributed by atoms with van der Waals surface area (Å²) in [6.07, 6.45) is 0. The molecule has 1 rings (SSSR count). The summed E-state index contributed by atoms with van der Waals surface area (Å²) < 4.78 is 0. The number of rotatable bonds is 4.